The van der Waals surface area contributed by atoms with Gasteiger partial charge in [-0.1, -0.05) is 39.5 Å². The van der Waals surface area contributed by atoms with Crippen LogP contribution < -0.4 is 4.90 Å². The number of amides is 1. The van der Waals surface area contributed by atoms with Crippen molar-refractivity contribution in [3.05, 3.63) is 63.1 Å². The zero-order valence-corrected chi connectivity index (χ0v) is 16.1. The molecule has 1 aliphatic heterocycles. The number of benzene rings is 2. The van der Waals surface area contributed by atoms with Crippen molar-refractivity contribution >= 4 is 33.3 Å². The van der Waals surface area contributed by atoms with Gasteiger partial charge in [-0.2, -0.15) is 0 Å². The molecule has 132 valence electrons. The molecule has 0 fully saturated rings. The topological polar surface area (TPSA) is 57.6 Å². The third-order valence-electron chi connectivity index (χ3n) is 4.65. The molecule has 0 spiro atoms. The zero-order valence-electron chi connectivity index (χ0n) is 14.5. The first kappa shape index (κ1) is 18.4. The number of fused-ring (bicyclic) bond motifs is 1. The van der Waals surface area contributed by atoms with E-state index in [9.17, 15) is 14.7 Å². The number of ketones is 1. The summed E-state index contributed by atoms with van der Waals surface area (Å²) in [4.78, 5) is 27.2. The van der Waals surface area contributed by atoms with E-state index >= 15 is 0 Å². The fourth-order valence-corrected chi connectivity index (χ4v) is 3.67. The number of terminal acetylenes is 1. The van der Waals surface area contributed by atoms with E-state index < -0.39 is 11.5 Å². The molecule has 26 heavy (non-hydrogen) atoms. The smallest absolute Gasteiger partial charge is 0.265 e. The number of nitrogens with zero attached hydrogens (tertiary/aromatic N) is 1. The maximum absolute atomic E-state index is 12.9. The minimum atomic E-state index is -1.93. The fourth-order valence-electron chi connectivity index (χ4n) is 3.31. The van der Waals surface area contributed by atoms with Gasteiger partial charge in [0.2, 0.25) is 0 Å². The van der Waals surface area contributed by atoms with Gasteiger partial charge in [-0.25, -0.2) is 0 Å². The number of anilines is 1. The molecule has 1 atom stereocenters. The van der Waals surface area contributed by atoms with Crippen LogP contribution in [0.1, 0.15) is 33.5 Å². The Morgan fingerprint density at radius 3 is 2.69 bits per heavy atom. The third-order valence-corrected chi connectivity index (χ3v) is 5.15. The van der Waals surface area contributed by atoms with Gasteiger partial charge in [-0.3, -0.25) is 14.5 Å². The first-order valence-corrected chi connectivity index (χ1v) is 8.95. The molecule has 1 aliphatic rings. The van der Waals surface area contributed by atoms with Gasteiger partial charge >= 0.3 is 0 Å². The van der Waals surface area contributed by atoms with Gasteiger partial charge in [0, 0.05) is 15.6 Å². The van der Waals surface area contributed by atoms with Crippen molar-refractivity contribution in [3.8, 4) is 12.3 Å². The molecule has 3 rings (SSSR count). The zero-order chi connectivity index (χ0) is 19.1. The highest BCUT2D eigenvalue weighted by molar-refractivity contribution is 9.10. The Kier molecular flexibility index (Phi) is 4.74. The predicted molar refractivity (Wildman–Crippen MR) is 104 cm³/mol. The Labute approximate surface area is 161 Å². The Balaban J connectivity index is 2.05. The van der Waals surface area contributed by atoms with Crippen LogP contribution in [0.4, 0.5) is 5.69 Å². The van der Waals surface area contributed by atoms with Crippen molar-refractivity contribution < 1.29 is 14.7 Å². The summed E-state index contributed by atoms with van der Waals surface area (Å²) in [6.07, 6.45) is 5.04. The third kappa shape index (κ3) is 2.96. The van der Waals surface area contributed by atoms with Crippen LogP contribution in [0.25, 0.3) is 0 Å². The van der Waals surface area contributed by atoms with Crippen LogP contribution in [0.15, 0.2) is 40.9 Å². The molecule has 5 heteroatoms. The predicted octanol–water partition coefficient (Wildman–Crippen LogP) is 3.51. The molecule has 1 N–H and O–H groups in total. The molecule has 2 aromatic rings. The monoisotopic (exact) mass is 411 g/mol. The van der Waals surface area contributed by atoms with Crippen LogP contribution in [0, 0.1) is 26.2 Å². The van der Waals surface area contributed by atoms with Crippen LogP contribution in [-0.2, 0) is 10.4 Å². The molecule has 0 saturated heterocycles. The van der Waals surface area contributed by atoms with E-state index in [-0.39, 0.29) is 18.7 Å². The van der Waals surface area contributed by atoms with Gasteiger partial charge in [0.1, 0.15) is 0 Å². The van der Waals surface area contributed by atoms with Gasteiger partial charge < -0.3 is 5.11 Å². The molecule has 1 amide bonds. The van der Waals surface area contributed by atoms with E-state index in [0.29, 0.717) is 21.3 Å². The number of Topliss-reactive ketones (excluding diaryl/α,β-unsaturated/α-hetero) is 1. The molecule has 1 heterocycles. The Morgan fingerprint density at radius 2 is 2.00 bits per heavy atom. The largest absolute Gasteiger partial charge is 0.375 e. The maximum atomic E-state index is 12.9. The van der Waals surface area contributed by atoms with Crippen molar-refractivity contribution in [1.29, 1.82) is 0 Å². The fraction of sp³-hybridized carbons (Fsp3) is 0.238. The summed E-state index contributed by atoms with van der Waals surface area (Å²) in [5, 5.41) is 11.2. The average Bonchev–Trinajstić information content (AvgIpc) is 2.79. The van der Waals surface area contributed by atoms with E-state index in [4.69, 9.17) is 6.42 Å². The minimum Gasteiger partial charge on any atom is -0.375 e. The molecule has 0 unspecified atom stereocenters. The Morgan fingerprint density at radius 1 is 1.27 bits per heavy atom. The number of hydrogen-bond donors (Lipinski definition) is 1. The molecular formula is C21H18BrNO3. The van der Waals surface area contributed by atoms with Gasteiger partial charge in [0.05, 0.1) is 18.7 Å². The van der Waals surface area contributed by atoms with Gasteiger partial charge in [0.15, 0.2) is 11.4 Å². The standard InChI is InChI=1S/C21H18BrNO3/c1-4-9-23-18-8-7-15(22)11-17(18)21(26,20(23)25)12-19(24)16-10-13(2)5-6-14(16)3/h1,5-8,10-11,26H,9,12H2,2-3H3/t21-/m0/s1. The Hall–Kier alpha value is -2.42. The van der Waals surface area contributed by atoms with E-state index in [1.54, 1.807) is 24.3 Å². The van der Waals surface area contributed by atoms with Crippen LogP contribution in [0.2, 0.25) is 0 Å². The summed E-state index contributed by atoms with van der Waals surface area (Å²) < 4.78 is 0.712. The van der Waals surface area contributed by atoms with E-state index in [1.807, 2.05) is 26.0 Å². The number of carbonyl (C=O) groups excluding carboxylic acids is 2. The second kappa shape index (κ2) is 6.71. The summed E-state index contributed by atoms with van der Waals surface area (Å²) in [6.45, 7) is 3.77. The van der Waals surface area contributed by atoms with Crippen molar-refractivity contribution in [2.75, 3.05) is 11.4 Å². The molecule has 0 aromatic heterocycles. The van der Waals surface area contributed by atoms with Crippen LogP contribution in [-0.4, -0.2) is 23.3 Å². The lowest BCUT2D eigenvalue weighted by molar-refractivity contribution is -0.135. The molecule has 2 aromatic carbocycles. The lowest BCUT2D eigenvalue weighted by atomic mass is 9.87. The first-order valence-electron chi connectivity index (χ1n) is 8.16. The normalized spacial score (nSPS) is 18.6. The highest BCUT2D eigenvalue weighted by atomic mass is 79.9. The van der Waals surface area contributed by atoms with Gasteiger partial charge in [0.25, 0.3) is 5.91 Å². The quantitative estimate of drug-likeness (QED) is 0.618. The second-order valence-electron chi connectivity index (χ2n) is 6.54. The molecule has 0 bridgehead atoms. The highest BCUT2D eigenvalue weighted by Crippen LogP contribution is 2.44. The molecule has 4 nitrogen and oxygen atoms in total. The van der Waals surface area contributed by atoms with E-state index in [0.717, 1.165) is 11.1 Å². The Bertz CT molecular complexity index is 960. The molecule has 0 radical (unpaired) electrons. The number of hydrogen-bond acceptors (Lipinski definition) is 3. The van der Waals surface area contributed by atoms with Crippen molar-refractivity contribution in [2.45, 2.75) is 25.9 Å². The molecule has 0 saturated carbocycles. The summed E-state index contributed by atoms with van der Waals surface area (Å²) in [5.74, 6) is 1.58. The van der Waals surface area contributed by atoms with Gasteiger partial charge in [-0.15, -0.1) is 6.42 Å². The number of aryl methyl sites for hydroxylation is 2. The van der Waals surface area contributed by atoms with Crippen LogP contribution >= 0.6 is 15.9 Å². The highest BCUT2D eigenvalue weighted by Gasteiger charge is 2.50. The first-order chi connectivity index (χ1) is 12.3. The number of halogens is 1. The summed E-state index contributed by atoms with van der Waals surface area (Å²) in [7, 11) is 0. The lowest BCUT2D eigenvalue weighted by Gasteiger charge is -2.22. The van der Waals surface area contributed by atoms with Gasteiger partial charge in [-0.05, 0) is 43.7 Å². The minimum absolute atomic E-state index is 0.0352. The van der Waals surface area contributed by atoms with E-state index in [2.05, 4.69) is 21.9 Å². The summed E-state index contributed by atoms with van der Waals surface area (Å²) >= 11 is 3.36. The van der Waals surface area contributed by atoms with E-state index in [1.165, 1.54) is 4.90 Å². The molecule has 0 aliphatic carbocycles. The lowest BCUT2D eigenvalue weighted by Crippen LogP contribution is -2.42. The number of aliphatic hydroxyl groups is 1. The second-order valence-corrected chi connectivity index (χ2v) is 7.45. The summed E-state index contributed by atoms with van der Waals surface area (Å²) in [5.41, 5.74) is 1.27. The SMILES string of the molecule is C#CCN1C(=O)[C@](O)(CC(=O)c2cc(C)ccc2C)c2cc(Br)ccc21. The maximum Gasteiger partial charge on any atom is 0.265 e. The van der Waals surface area contributed by atoms with Crippen molar-refractivity contribution in [3.63, 3.8) is 0 Å². The average molecular weight is 412 g/mol. The van der Waals surface area contributed by atoms with Crippen molar-refractivity contribution in [2.24, 2.45) is 0 Å². The molecular weight excluding hydrogens is 394 g/mol. The number of rotatable bonds is 4. The van der Waals surface area contributed by atoms with Crippen LogP contribution in [0.5, 0.6) is 0 Å². The number of carbonyl (C=O) groups is 2. The van der Waals surface area contributed by atoms with Crippen LogP contribution in [0.3, 0.4) is 0 Å². The summed E-state index contributed by atoms with van der Waals surface area (Å²) in [6, 6.07) is 10.7. The van der Waals surface area contributed by atoms with Crippen molar-refractivity contribution in [1.82, 2.24) is 0 Å².